The summed E-state index contributed by atoms with van der Waals surface area (Å²) in [6.07, 6.45) is -1.57. The van der Waals surface area contributed by atoms with Gasteiger partial charge in [-0.05, 0) is 11.6 Å². The molecular formula is C12H8F3NO. The molecule has 0 fully saturated rings. The molecule has 17 heavy (non-hydrogen) atoms. The molecule has 88 valence electrons. The molecule has 0 aliphatic rings. The van der Waals surface area contributed by atoms with Crippen molar-refractivity contribution in [1.82, 2.24) is 0 Å². The third-order valence-electron chi connectivity index (χ3n) is 2.03. The van der Waals surface area contributed by atoms with Crippen molar-refractivity contribution in [1.29, 1.82) is 5.26 Å². The van der Waals surface area contributed by atoms with Gasteiger partial charge in [0.25, 0.3) is 0 Å². The molecule has 1 rings (SSSR count). The molecule has 0 radical (unpaired) electrons. The van der Waals surface area contributed by atoms with Crippen LogP contribution in [0.15, 0.2) is 24.3 Å². The lowest BCUT2D eigenvalue weighted by Gasteiger charge is -2.10. The highest BCUT2D eigenvalue weighted by Crippen LogP contribution is 2.33. The number of hydrogen-bond acceptors (Lipinski definition) is 2. The Hall–Kier alpha value is -2.09. The molecule has 1 aromatic carbocycles. The number of benzene rings is 1. The van der Waals surface area contributed by atoms with Gasteiger partial charge in [0.1, 0.15) is 6.29 Å². The van der Waals surface area contributed by atoms with E-state index in [1.54, 1.807) is 6.07 Å². The summed E-state index contributed by atoms with van der Waals surface area (Å²) in [5.74, 6) is 0. The standard InChI is InChI=1S/C12H8F3NO/c13-12(14,15)11-7-9(8-17)4-5-10(11)3-1-2-6-16/h1,3-5,7-8H,2H2. The zero-order valence-electron chi connectivity index (χ0n) is 8.66. The van der Waals surface area contributed by atoms with Gasteiger partial charge >= 0.3 is 6.18 Å². The van der Waals surface area contributed by atoms with E-state index in [9.17, 15) is 18.0 Å². The normalized spacial score (nSPS) is 11.4. The molecule has 2 nitrogen and oxygen atoms in total. The van der Waals surface area contributed by atoms with Gasteiger partial charge in [-0.3, -0.25) is 4.79 Å². The molecular weight excluding hydrogens is 231 g/mol. The predicted molar refractivity (Wildman–Crippen MR) is 56.1 cm³/mol. The van der Waals surface area contributed by atoms with Gasteiger partial charge in [0.15, 0.2) is 0 Å². The Labute approximate surface area is 96.0 Å². The fraction of sp³-hybridized carbons (Fsp3) is 0.167. The summed E-state index contributed by atoms with van der Waals surface area (Å²) in [5, 5.41) is 8.29. The Kier molecular flexibility index (Phi) is 4.05. The van der Waals surface area contributed by atoms with E-state index in [1.165, 1.54) is 24.3 Å². The van der Waals surface area contributed by atoms with Crippen LogP contribution < -0.4 is 0 Å². The van der Waals surface area contributed by atoms with Gasteiger partial charge in [-0.25, -0.2) is 0 Å². The Balaban J connectivity index is 3.21. The van der Waals surface area contributed by atoms with Crippen molar-refractivity contribution in [3.05, 3.63) is 41.0 Å². The number of aldehydes is 1. The maximum atomic E-state index is 12.7. The van der Waals surface area contributed by atoms with Crippen LogP contribution in [0.25, 0.3) is 6.08 Å². The van der Waals surface area contributed by atoms with Crippen LogP contribution in [0.1, 0.15) is 27.9 Å². The smallest absolute Gasteiger partial charge is 0.298 e. The summed E-state index contributed by atoms with van der Waals surface area (Å²) >= 11 is 0. The number of halogens is 3. The van der Waals surface area contributed by atoms with E-state index in [2.05, 4.69) is 0 Å². The van der Waals surface area contributed by atoms with Crippen molar-refractivity contribution < 1.29 is 18.0 Å². The number of alkyl halides is 3. The highest BCUT2D eigenvalue weighted by Gasteiger charge is 2.32. The topological polar surface area (TPSA) is 40.9 Å². The average molecular weight is 239 g/mol. The van der Waals surface area contributed by atoms with Crippen LogP contribution in [0, 0.1) is 11.3 Å². The van der Waals surface area contributed by atoms with Gasteiger partial charge in [0.05, 0.1) is 18.1 Å². The molecule has 0 saturated carbocycles. The molecule has 1 aromatic rings. The lowest BCUT2D eigenvalue weighted by Crippen LogP contribution is -2.08. The van der Waals surface area contributed by atoms with Gasteiger partial charge in [-0.15, -0.1) is 0 Å². The van der Waals surface area contributed by atoms with Crippen molar-refractivity contribution in [3.63, 3.8) is 0 Å². The number of allylic oxidation sites excluding steroid dienone is 1. The fourth-order valence-electron chi connectivity index (χ4n) is 1.28. The van der Waals surface area contributed by atoms with Gasteiger partial charge in [0, 0.05) is 5.56 Å². The quantitative estimate of drug-likeness (QED) is 0.758. The molecule has 5 heteroatoms. The number of rotatable bonds is 3. The second kappa shape index (κ2) is 5.30. The minimum Gasteiger partial charge on any atom is -0.298 e. The van der Waals surface area contributed by atoms with Crippen LogP contribution in [0.2, 0.25) is 0 Å². The number of carbonyl (C=O) groups is 1. The molecule has 0 N–H and O–H groups in total. The first kappa shape index (κ1) is 13.0. The lowest BCUT2D eigenvalue weighted by atomic mass is 10.0. The van der Waals surface area contributed by atoms with Gasteiger partial charge < -0.3 is 0 Å². The first-order valence-electron chi connectivity index (χ1n) is 4.69. The second-order valence-corrected chi connectivity index (χ2v) is 3.23. The molecule has 0 atom stereocenters. The molecule has 0 spiro atoms. The van der Waals surface area contributed by atoms with E-state index in [4.69, 9.17) is 5.26 Å². The van der Waals surface area contributed by atoms with Crippen molar-refractivity contribution >= 4 is 12.4 Å². The van der Waals surface area contributed by atoms with Crippen LogP contribution in [0.5, 0.6) is 0 Å². The Morgan fingerprint density at radius 3 is 2.59 bits per heavy atom. The monoisotopic (exact) mass is 239 g/mol. The second-order valence-electron chi connectivity index (χ2n) is 3.23. The Morgan fingerprint density at radius 2 is 2.06 bits per heavy atom. The SMILES string of the molecule is N#CCC=Cc1ccc(C=O)cc1C(F)(F)F. The van der Waals surface area contributed by atoms with Crippen LogP contribution in [0.3, 0.4) is 0 Å². The molecule has 0 saturated heterocycles. The van der Waals surface area contributed by atoms with Crippen LogP contribution in [0.4, 0.5) is 13.2 Å². The highest BCUT2D eigenvalue weighted by molar-refractivity contribution is 5.76. The van der Waals surface area contributed by atoms with Crippen LogP contribution >= 0.6 is 0 Å². The molecule has 0 aromatic heterocycles. The predicted octanol–water partition coefficient (Wildman–Crippen LogP) is 3.44. The van der Waals surface area contributed by atoms with E-state index in [1.807, 2.05) is 0 Å². The van der Waals surface area contributed by atoms with Crippen molar-refractivity contribution in [3.8, 4) is 6.07 Å². The average Bonchev–Trinajstić information content (AvgIpc) is 2.28. The number of nitrogens with zero attached hydrogens (tertiary/aromatic N) is 1. The van der Waals surface area contributed by atoms with E-state index >= 15 is 0 Å². The van der Waals surface area contributed by atoms with E-state index in [0.717, 1.165) is 6.07 Å². The Morgan fingerprint density at radius 1 is 1.35 bits per heavy atom. The summed E-state index contributed by atoms with van der Waals surface area (Å²) in [5.41, 5.74) is -0.968. The van der Waals surface area contributed by atoms with E-state index in [0.29, 0.717) is 6.29 Å². The summed E-state index contributed by atoms with van der Waals surface area (Å²) in [6.45, 7) is 0. The summed E-state index contributed by atoms with van der Waals surface area (Å²) < 4.78 is 38.0. The summed E-state index contributed by atoms with van der Waals surface area (Å²) in [6, 6.07) is 5.09. The van der Waals surface area contributed by atoms with E-state index < -0.39 is 11.7 Å². The zero-order chi connectivity index (χ0) is 12.9. The molecule has 0 bridgehead atoms. The van der Waals surface area contributed by atoms with Crippen molar-refractivity contribution in [2.75, 3.05) is 0 Å². The molecule has 0 amide bonds. The van der Waals surface area contributed by atoms with E-state index in [-0.39, 0.29) is 17.5 Å². The number of nitriles is 1. The van der Waals surface area contributed by atoms with Gasteiger partial charge in [0.2, 0.25) is 0 Å². The van der Waals surface area contributed by atoms with Crippen LogP contribution in [-0.4, -0.2) is 6.29 Å². The van der Waals surface area contributed by atoms with Crippen molar-refractivity contribution in [2.45, 2.75) is 12.6 Å². The molecule has 0 aliphatic carbocycles. The number of hydrogen-bond donors (Lipinski definition) is 0. The van der Waals surface area contributed by atoms with Crippen LogP contribution in [-0.2, 0) is 6.18 Å². The van der Waals surface area contributed by atoms with Crippen molar-refractivity contribution in [2.24, 2.45) is 0 Å². The summed E-state index contributed by atoms with van der Waals surface area (Å²) in [4.78, 5) is 10.4. The summed E-state index contributed by atoms with van der Waals surface area (Å²) in [7, 11) is 0. The first-order chi connectivity index (χ1) is 7.99. The lowest BCUT2D eigenvalue weighted by molar-refractivity contribution is -0.137. The van der Waals surface area contributed by atoms with Gasteiger partial charge in [-0.2, -0.15) is 18.4 Å². The maximum absolute atomic E-state index is 12.7. The largest absolute Gasteiger partial charge is 0.417 e. The third-order valence-corrected chi connectivity index (χ3v) is 2.03. The highest BCUT2D eigenvalue weighted by atomic mass is 19.4. The molecule has 0 heterocycles. The Bertz CT molecular complexity index is 484. The molecule has 0 aliphatic heterocycles. The maximum Gasteiger partial charge on any atom is 0.417 e. The molecule has 0 unspecified atom stereocenters. The zero-order valence-corrected chi connectivity index (χ0v) is 8.66. The minimum absolute atomic E-state index is 0.0326. The fourth-order valence-corrected chi connectivity index (χ4v) is 1.28. The first-order valence-corrected chi connectivity index (χ1v) is 4.69. The third kappa shape index (κ3) is 3.45. The number of carbonyl (C=O) groups excluding carboxylic acids is 1. The minimum atomic E-state index is -4.52. The van der Waals surface area contributed by atoms with Gasteiger partial charge in [-0.1, -0.05) is 24.3 Å².